The zero-order chi connectivity index (χ0) is 14.4. The van der Waals surface area contributed by atoms with E-state index in [0.717, 1.165) is 36.1 Å². The summed E-state index contributed by atoms with van der Waals surface area (Å²) in [7, 11) is 0. The molecule has 0 spiro atoms. The number of primary amides is 1. The molecule has 3 N–H and O–H groups in total. The van der Waals surface area contributed by atoms with E-state index in [4.69, 9.17) is 5.73 Å². The lowest BCUT2D eigenvalue weighted by Crippen LogP contribution is -2.17. The lowest BCUT2D eigenvalue weighted by atomic mass is 10.1. The summed E-state index contributed by atoms with van der Waals surface area (Å²) in [5.41, 5.74) is 6.67. The average molecular weight is 282 g/mol. The highest BCUT2D eigenvalue weighted by atomic mass is 32.1. The first-order valence-corrected chi connectivity index (χ1v) is 7.48. The number of thiophene rings is 1. The third kappa shape index (κ3) is 4.35. The van der Waals surface area contributed by atoms with Gasteiger partial charge in [0.15, 0.2) is 0 Å². The number of hydrogen-bond donors (Lipinski definition) is 2. The Labute approximate surface area is 118 Å². The molecule has 0 aliphatic carbocycles. The fourth-order valence-electron chi connectivity index (χ4n) is 1.91. The third-order valence-corrected chi connectivity index (χ3v) is 4.26. The molecule has 5 heteroatoms. The van der Waals surface area contributed by atoms with Crippen molar-refractivity contribution in [1.29, 1.82) is 0 Å². The Morgan fingerprint density at radius 2 is 1.89 bits per heavy atom. The van der Waals surface area contributed by atoms with E-state index in [0.29, 0.717) is 17.0 Å². The topological polar surface area (TPSA) is 72.2 Å². The zero-order valence-electron chi connectivity index (χ0n) is 11.8. The minimum Gasteiger partial charge on any atom is -0.365 e. The highest BCUT2D eigenvalue weighted by Crippen LogP contribution is 2.32. The summed E-state index contributed by atoms with van der Waals surface area (Å²) in [6.07, 6.45) is 4.74. The highest BCUT2D eigenvalue weighted by molar-refractivity contribution is 7.16. The molecule has 0 aliphatic heterocycles. The van der Waals surface area contributed by atoms with Crippen LogP contribution in [0.25, 0.3) is 0 Å². The quantitative estimate of drug-likeness (QED) is 0.752. The predicted molar refractivity (Wildman–Crippen MR) is 79.7 cm³/mol. The van der Waals surface area contributed by atoms with Gasteiger partial charge in [-0.2, -0.15) is 0 Å². The smallest absolute Gasteiger partial charge is 0.251 e. The number of amides is 2. The molecule has 106 valence electrons. The van der Waals surface area contributed by atoms with Gasteiger partial charge in [-0.1, -0.05) is 26.2 Å². The van der Waals surface area contributed by atoms with Crippen LogP contribution >= 0.6 is 11.3 Å². The molecular formula is C14H22N2O2S. The monoisotopic (exact) mass is 282 g/mol. The number of aryl methyl sites for hydroxylation is 1. The Morgan fingerprint density at radius 3 is 2.47 bits per heavy atom. The lowest BCUT2D eigenvalue weighted by molar-refractivity contribution is -0.116. The Morgan fingerprint density at radius 1 is 1.21 bits per heavy atom. The van der Waals surface area contributed by atoms with Crippen molar-refractivity contribution >= 4 is 28.2 Å². The molecule has 0 aromatic carbocycles. The summed E-state index contributed by atoms with van der Waals surface area (Å²) in [4.78, 5) is 24.2. The van der Waals surface area contributed by atoms with E-state index in [1.54, 1.807) is 0 Å². The molecule has 1 rings (SSSR count). The molecule has 2 amide bonds. The number of carbonyl (C=O) groups excluding carboxylic acids is 2. The summed E-state index contributed by atoms with van der Waals surface area (Å²) < 4.78 is 0. The maximum atomic E-state index is 11.8. The fourth-order valence-corrected chi connectivity index (χ4v) is 3.00. The summed E-state index contributed by atoms with van der Waals surface area (Å²) in [5.74, 6) is -0.525. The van der Waals surface area contributed by atoms with Crippen LogP contribution in [0.15, 0.2) is 0 Å². The van der Waals surface area contributed by atoms with Crippen molar-refractivity contribution in [2.24, 2.45) is 5.73 Å². The molecule has 1 aromatic rings. The maximum absolute atomic E-state index is 11.8. The van der Waals surface area contributed by atoms with Crippen LogP contribution in [-0.2, 0) is 4.79 Å². The van der Waals surface area contributed by atoms with Gasteiger partial charge >= 0.3 is 0 Å². The molecule has 0 unspecified atom stereocenters. The second-order valence-electron chi connectivity index (χ2n) is 4.71. The van der Waals surface area contributed by atoms with Gasteiger partial charge in [-0.25, -0.2) is 0 Å². The molecule has 1 heterocycles. The number of unbranched alkanes of at least 4 members (excludes halogenated alkanes) is 3. The standard InChI is InChI=1S/C14H22N2O2S/c1-4-5-6-7-8-11(17)16-14-12(13(15)18)9(2)10(3)19-14/h4-8H2,1-3H3,(H2,15,18)(H,16,17). The van der Waals surface area contributed by atoms with E-state index >= 15 is 0 Å². The number of anilines is 1. The van der Waals surface area contributed by atoms with Gasteiger partial charge in [0.1, 0.15) is 5.00 Å². The summed E-state index contributed by atoms with van der Waals surface area (Å²) in [6.45, 7) is 5.91. The molecule has 0 atom stereocenters. The lowest BCUT2D eigenvalue weighted by Gasteiger charge is -2.05. The van der Waals surface area contributed by atoms with Crippen LogP contribution in [0.5, 0.6) is 0 Å². The minimum absolute atomic E-state index is 0.0418. The van der Waals surface area contributed by atoms with E-state index in [-0.39, 0.29) is 5.91 Å². The largest absolute Gasteiger partial charge is 0.365 e. The molecule has 1 aromatic heterocycles. The van der Waals surface area contributed by atoms with Crippen molar-refractivity contribution in [3.05, 3.63) is 16.0 Å². The van der Waals surface area contributed by atoms with Gasteiger partial charge in [0.25, 0.3) is 5.91 Å². The van der Waals surface area contributed by atoms with Gasteiger partial charge in [0.05, 0.1) is 5.56 Å². The minimum atomic E-state index is -0.483. The second-order valence-corrected chi connectivity index (χ2v) is 5.94. The molecule has 4 nitrogen and oxygen atoms in total. The van der Waals surface area contributed by atoms with Crippen molar-refractivity contribution in [1.82, 2.24) is 0 Å². The molecule has 0 saturated carbocycles. The van der Waals surface area contributed by atoms with Crippen molar-refractivity contribution in [2.75, 3.05) is 5.32 Å². The van der Waals surface area contributed by atoms with Gasteiger partial charge < -0.3 is 11.1 Å². The first-order valence-electron chi connectivity index (χ1n) is 6.67. The number of hydrogen-bond acceptors (Lipinski definition) is 3. The molecule has 0 aliphatic rings. The molecule has 0 saturated heterocycles. The Hall–Kier alpha value is -1.36. The van der Waals surface area contributed by atoms with Crippen molar-refractivity contribution in [2.45, 2.75) is 52.9 Å². The zero-order valence-corrected chi connectivity index (χ0v) is 12.7. The van der Waals surface area contributed by atoms with E-state index in [2.05, 4.69) is 12.2 Å². The number of rotatable bonds is 7. The second kappa shape index (κ2) is 7.28. The van der Waals surface area contributed by atoms with Gasteiger partial charge in [0.2, 0.25) is 5.91 Å². The van der Waals surface area contributed by atoms with Gasteiger partial charge in [-0.3, -0.25) is 9.59 Å². The van der Waals surface area contributed by atoms with Crippen LogP contribution in [0.2, 0.25) is 0 Å². The van der Waals surface area contributed by atoms with Crippen LogP contribution in [0.3, 0.4) is 0 Å². The van der Waals surface area contributed by atoms with Crippen LogP contribution < -0.4 is 11.1 Å². The van der Waals surface area contributed by atoms with Crippen molar-refractivity contribution in [3.8, 4) is 0 Å². The van der Waals surface area contributed by atoms with E-state index in [9.17, 15) is 9.59 Å². The first kappa shape index (κ1) is 15.7. The fraction of sp³-hybridized carbons (Fsp3) is 0.571. The molecule has 19 heavy (non-hydrogen) atoms. The van der Waals surface area contributed by atoms with Crippen LogP contribution in [0.1, 0.15) is 59.8 Å². The molecule has 0 bridgehead atoms. The van der Waals surface area contributed by atoms with Crippen LogP contribution in [0, 0.1) is 13.8 Å². The predicted octanol–water partition coefficient (Wildman–Crippen LogP) is 3.37. The Balaban J connectivity index is 2.64. The Bertz CT molecular complexity index is 466. The average Bonchev–Trinajstić information content (AvgIpc) is 2.60. The summed E-state index contributed by atoms with van der Waals surface area (Å²) in [6, 6.07) is 0. The summed E-state index contributed by atoms with van der Waals surface area (Å²) >= 11 is 1.41. The molecule has 0 fully saturated rings. The third-order valence-electron chi connectivity index (χ3n) is 3.14. The number of nitrogens with one attached hydrogen (secondary N) is 1. The normalized spacial score (nSPS) is 10.5. The maximum Gasteiger partial charge on any atom is 0.251 e. The van der Waals surface area contributed by atoms with Crippen molar-refractivity contribution < 1.29 is 9.59 Å². The Kier molecular flexibility index (Phi) is 6.02. The van der Waals surface area contributed by atoms with Gasteiger partial charge in [-0.15, -0.1) is 11.3 Å². The van der Waals surface area contributed by atoms with E-state index < -0.39 is 5.91 Å². The first-order chi connectivity index (χ1) is 8.97. The number of carbonyl (C=O) groups is 2. The summed E-state index contributed by atoms with van der Waals surface area (Å²) in [5, 5.41) is 3.40. The van der Waals surface area contributed by atoms with Crippen LogP contribution in [-0.4, -0.2) is 11.8 Å². The van der Waals surface area contributed by atoms with Gasteiger partial charge in [0, 0.05) is 11.3 Å². The SMILES string of the molecule is CCCCCCC(=O)Nc1sc(C)c(C)c1C(N)=O. The van der Waals surface area contributed by atoms with E-state index in [1.165, 1.54) is 11.3 Å². The number of nitrogens with two attached hydrogens (primary N) is 1. The molecular weight excluding hydrogens is 260 g/mol. The van der Waals surface area contributed by atoms with Crippen molar-refractivity contribution in [3.63, 3.8) is 0 Å². The van der Waals surface area contributed by atoms with E-state index in [1.807, 2.05) is 13.8 Å². The van der Waals surface area contributed by atoms with Gasteiger partial charge in [-0.05, 0) is 25.8 Å². The van der Waals surface area contributed by atoms with Crippen LogP contribution in [0.4, 0.5) is 5.00 Å². The highest BCUT2D eigenvalue weighted by Gasteiger charge is 2.18. The molecule has 0 radical (unpaired) electrons.